The van der Waals surface area contributed by atoms with Crippen molar-refractivity contribution in [2.24, 2.45) is 5.73 Å². The van der Waals surface area contributed by atoms with Gasteiger partial charge in [-0.15, -0.1) is 0 Å². The summed E-state index contributed by atoms with van der Waals surface area (Å²) in [4.78, 5) is 25.9. The van der Waals surface area contributed by atoms with Crippen LogP contribution in [0, 0.1) is 0 Å². The van der Waals surface area contributed by atoms with Gasteiger partial charge in [0.05, 0.1) is 19.8 Å². The minimum absolute atomic E-state index is 0.184. The van der Waals surface area contributed by atoms with Crippen LogP contribution in [0.15, 0.2) is 0 Å². The third kappa shape index (κ3) is 5.40. The van der Waals surface area contributed by atoms with E-state index in [0.717, 1.165) is 6.26 Å². The zero-order valence-electron chi connectivity index (χ0n) is 14.9. The molecule has 0 aromatic carbocycles. The van der Waals surface area contributed by atoms with Gasteiger partial charge in [0.15, 0.2) is 5.66 Å². The van der Waals surface area contributed by atoms with Crippen LogP contribution in [0.25, 0.3) is 0 Å². The van der Waals surface area contributed by atoms with Gasteiger partial charge in [0, 0.05) is 26.2 Å². The van der Waals surface area contributed by atoms with E-state index in [-0.39, 0.29) is 32.6 Å². The Bertz CT molecular complexity index is 578. The fourth-order valence-electron chi connectivity index (χ4n) is 2.51. The minimum atomic E-state index is -3.31. The largest absolute Gasteiger partial charge is 0.467 e. The van der Waals surface area contributed by atoms with Gasteiger partial charge in [-0.2, -0.15) is 4.31 Å². The number of esters is 2. The zero-order valence-corrected chi connectivity index (χ0v) is 15.7. The molecule has 1 aliphatic rings. The molecule has 140 valence electrons. The summed E-state index contributed by atoms with van der Waals surface area (Å²) in [6.07, 6.45) is 0.745. The van der Waals surface area contributed by atoms with Crippen LogP contribution in [0.2, 0.25) is 0 Å². The third-order valence-corrected chi connectivity index (χ3v) is 4.95. The number of carbonyl (C=O) groups excluding carboxylic acids is 2. The first-order valence-electron chi connectivity index (χ1n) is 7.59. The summed E-state index contributed by atoms with van der Waals surface area (Å²) in [6, 6.07) is 0. The first-order valence-corrected chi connectivity index (χ1v) is 9.44. The van der Waals surface area contributed by atoms with Gasteiger partial charge in [-0.05, 0) is 20.8 Å². The van der Waals surface area contributed by atoms with Gasteiger partial charge >= 0.3 is 11.9 Å². The van der Waals surface area contributed by atoms with Crippen LogP contribution in [0.5, 0.6) is 0 Å². The molecule has 0 radical (unpaired) electrons. The normalized spacial score (nSPS) is 20.2. The first kappa shape index (κ1) is 20.8. The molecule has 0 spiro atoms. The van der Waals surface area contributed by atoms with Crippen molar-refractivity contribution in [3.63, 3.8) is 0 Å². The summed E-state index contributed by atoms with van der Waals surface area (Å²) in [5.74, 6) is -1.39. The lowest BCUT2D eigenvalue weighted by atomic mass is 10.0. The maximum Gasteiger partial charge on any atom is 0.341 e. The standard InChI is InChI=1S/C14H27N3O6S/c1-13(2,3)23-11(18)10-14(15,12(19)22-4)16-6-8-17(9-7-16)24(5,20)21/h6-10,15H2,1-5H3. The van der Waals surface area contributed by atoms with Crippen molar-refractivity contribution in [2.45, 2.75) is 38.5 Å². The van der Waals surface area contributed by atoms with E-state index in [0.29, 0.717) is 0 Å². The molecule has 0 saturated carbocycles. The van der Waals surface area contributed by atoms with Gasteiger partial charge in [0.1, 0.15) is 5.60 Å². The molecule has 1 aliphatic heterocycles. The van der Waals surface area contributed by atoms with Crippen LogP contribution in [-0.4, -0.2) is 80.4 Å². The molecule has 0 amide bonds. The molecule has 0 aromatic rings. The van der Waals surface area contributed by atoms with E-state index < -0.39 is 33.2 Å². The van der Waals surface area contributed by atoms with E-state index in [4.69, 9.17) is 15.2 Å². The molecule has 0 aromatic heterocycles. The second kappa shape index (κ2) is 7.34. The van der Waals surface area contributed by atoms with Gasteiger partial charge < -0.3 is 15.2 Å². The van der Waals surface area contributed by atoms with Gasteiger partial charge in [0.2, 0.25) is 10.0 Å². The number of sulfonamides is 1. The monoisotopic (exact) mass is 365 g/mol. The second-order valence-corrected chi connectivity index (χ2v) is 8.81. The molecule has 1 rings (SSSR count). The van der Waals surface area contributed by atoms with E-state index in [1.807, 2.05) is 0 Å². The van der Waals surface area contributed by atoms with Crippen LogP contribution in [0.3, 0.4) is 0 Å². The number of hydrogen-bond acceptors (Lipinski definition) is 8. The smallest absolute Gasteiger partial charge is 0.341 e. The number of nitrogens with zero attached hydrogens (tertiary/aromatic N) is 2. The van der Waals surface area contributed by atoms with Crippen LogP contribution >= 0.6 is 0 Å². The molecule has 0 aliphatic carbocycles. The summed E-state index contributed by atoms with van der Waals surface area (Å²) in [5.41, 5.74) is 3.78. The maximum atomic E-state index is 12.2. The van der Waals surface area contributed by atoms with Gasteiger partial charge in [-0.3, -0.25) is 9.69 Å². The third-order valence-electron chi connectivity index (χ3n) is 3.64. The van der Waals surface area contributed by atoms with E-state index >= 15 is 0 Å². The summed E-state index contributed by atoms with van der Waals surface area (Å²) in [5, 5.41) is 0. The molecule has 9 nitrogen and oxygen atoms in total. The van der Waals surface area contributed by atoms with Gasteiger partial charge in [-0.1, -0.05) is 0 Å². The molecule has 2 N–H and O–H groups in total. The van der Waals surface area contributed by atoms with Crippen molar-refractivity contribution in [3.8, 4) is 0 Å². The van der Waals surface area contributed by atoms with Crippen molar-refractivity contribution in [3.05, 3.63) is 0 Å². The maximum absolute atomic E-state index is 12.2. The van der Waals surface area contributed by atoms with Gasteiger partial charge in [0.25, 0.3) is 0 Å². The summed E-state index contributed by atoms with van der Waals surface area (Å²) < 4.78 is 34.4. The van der Waals surface area contributed by atoms with E-state index in [1.54, 1.807) is 25.7 Å². The van der Waals surface area contributed by atoms with Crippen molar-refractivity contribution in [1.29, 1.82) is 0 Å². The lowest BCUT2D eigenvalue weighted by Gasteiger charge is -2.42. The first-order chi connectivity index (χ1) is 10.8. The Morgan fingerprint density at radius 3 is 2.00 bits per heavy atom. The van der Waals surface area contributed by atoms with E-state index in [1.165, 1.54) is 11.4 Å². The highest BCUT2D eigenvalue weighted by Crippen LogP contribution is 2.21. The lowest BCUT2D eigenvalue weighted by molar-refractivity contribution is -0.169. The number of piperazine rings is 1. The number of rotatable bonds is 5. The van der Waals surface area contributed by atoms with Crippen molar-refractivity contribution < 1.29 is 27.5 Å². The Hall–Kier alpha value is -1.23. The van der Waals surface area contributed by atoms with Crippen molar-refractivity contribution >= 4 is 22.0 Å². The molecule has 0 bridgehead atoms. The molecule has 1 atom stereocenters. The van der Waals surface area contributed by atoms with E-state index in [9.17, 15) is 18.0 Å². The molecule has 24 heavy (non-hydrogen) atoms. The quantitative estimate of drug-likeness (QED) is 0.624. The molecular weight excluding hydrogens is 338 g/mol. The lowest BCUT2D eigenvalue weighted by Crippen LogP contribution is -2.67. The van der Waals surface area contributed by atoms with Crippen LogP contribution in [0.1, 0.15) is 27.2 Å². The number of carbonyl (C=O) groups is 2. The highest BCUT2D eigenvalue weighted by atomic mass is 32.2. The van der Waals surface area contributed by atoms with Crippen LogP contribution in [0.4, 0.5) is 0 Å². The number of nitrogens with two attached hydrogens (primary N) is 1. The number of hydrogen-bond donors (Lipinski definition) is 1. The SMILES string of the molecule is COC(=O)C(N)(CC(=O)OC(C)(C)C)N1CCN(S(C)(=O)=O)CC1. The highest BCUT2D eigenvalue weighted by Gasteiger charge is 2.46. The molecule has 1 saturated heterocycles. The highest BCUT2D eigenvalue weighted by molar-refractivity contribution is 7.88. The molecule has 1 unspecified atom stereocenters. The van der Waals surface area contributed by atoms with Gasteiger partial charge in [-0.25, -0.2) is 13.2 Å². The Morgan fingerprint density at radius 2 is 1.62 bits per heavy atom. The van der Waals surface area contributed by atoms with Crippen molar-refractivity contribution in [1.82, 2.24) is 9.21 Å². The Morgan fingerprint density at radius 1 is 1.12 bits per heavy atom. The topological polar surface area (TPSA) is 119 Å². The average Bonchev–Trinajstić information content (AvgIpc) is 2.43. The van der Waals surface area contributed by atoms with E-state index in [2.05, 4.69) is 0 Å². The fourth-order valence-corrected chi connectivity index (χ4v) is 3.33. The summed E-state index contributed by atoms with van der Waals surface area (Å²) in [6.45, 7) is 5.93. The minimum Gasteiger partial charge on any atom is -0.467 e. The Labute approximate surface area is 143 Å². The molecular formula is C14H27N3O6S. The Kier molecular flexibility index (Phi) is 6.37. The Balaban J connectivity index is 2.90. The van der Waals surface area contributed by atoms with Crippen molar-refractivity contribution in [2.75, 3.05) is 39.5 Å². The predicted octanol–water partition coefficient (Wildman–Crippen LogP) is -0.877. The molecule has 1 heterocycles. The van der Waals surface area contributed by atoms with Crippen LogP contribution in [-0.2, 0) is 29.1 Å². The fraction of sp³-hybridized carbons (Fsp3) is 0.857. The summed E-state index contributed by atoms with van der Waals surface area (Å²) >= 11 is 0. The molecule has 10 heteroatoms. The second-order valence-electron chi connectivity index (χ2n) is 6.83. The summed E-state index contributed by atoms with van der Waals surface area (Å²) in [7, 11) is -2.12. The van der Waals surface area contributed by atoms with Crippen LogP contribution < -0.4 is 5.73 Å². The predicted molar refractivity (Wildman–Crippen MR) is 87.4 cm³/mol. The molecule has 1 fully saturated rings. The average molecular weight is 365 g/mol. The zero-order chi connectivity index (χ0) is 18.8. The number of methoxy groups -OCH3 is 1. The number of ether oxygens (including phenoxy) is 2.